The van der Waals surface area contributed by atoms with Crippen molar-refractivity contribution in [2.75, 3.05) is 0 Å². The number of allylic oxidation sites excluding steroid dienone is 1. The molecule has 0 aromatic rings. The summed E-state index contributed by atoms with van der Waals surface area (Å²) in [7, 11) is 0. The molecule has 1 nitrogen and oxygen atoms in total. The zero-order valence-electron chi connectivity index (χ0n) is 21.2. The summed E-state index contributed by atoms with van der Waals surface area (Å²) in [6.07, 6.45) is 28.2. The second kappa shape index (κ2) is 23.0. The van der Waals surface area contributed by atoms with Gasteiger partial charge in [-0.25, -0.2) is 0 Å². The van der Waals surface area contributed by atoms with Crippen LogP contribution in [0.15, 0.2) is 24.5 Å². The highest BCUT2D eigenvalue weighted by Crippen LogP contribution is 2.21. The lowest BCUT2D eigenvalue weighted by atomic mass is 10.0. The Kier molecular flexibility index (Phi) is 22.4. The van der Waals surface area contributed by atoms with Crippen LogP contribution in [0.3, 0.4) is 0 Å². The molecule has 0 spiro atoms. The van der Waals surface area contributed by atoms with Gasteiger partial charge in [-0.05, 0) is 26.2 Å². The first-order chi connectivity index (χ1) is 14.6. The standard InChI is InChI=1S/C29H56O/c1-6-8-10-12-14-16-18-20-22-24-28(5)30-29(26-27(3)4)25-23-21-19-17-15-13-11-9-7-2/h29H,3,5-26H2,1-2,4H3/t29-/m0/s1. The summed E-state index contributed by atoms with van der Waals surface area (Å²) in [4.78, 5) is 0. The summed E-state index contributed by atoms with van der Waals surface area (Å²) in [5.74, 6) is 1.00. The molecule has 0 heterocycles. The van der Waals surface area contributed by atoms with Gasteiger partial charge in [0.15, 0.2) is 0 Å². The normalized spacial score (nSPS) is 12.1. The van der Waals surface area contributed by atoms with Gasteiger partial charge >= 0.3 is 0 Å². The Morgan fingerprint density at radius 3 is 1.43 bits per heavy atom. The van der Waals surface area contributed by atoms with Crippen LogP contribution in [0.25, 0.3) is 0 Å². The molecule has 178 valence electrons. The van der Waals surface area contributed by atoms with Crippen LogP contribution < -0.4 is 0 Å². The monoisotopic (exact) mass is 420 g/mol. The van der Waals surface area contributed by atoms with Crippen LogP contribution in [-0.4, -0.2) is 6.10 Å². The maximum Gasteiger partial charge on any atom is 0.102 e. The van der Waals surface area contributed by atoms with Gasteiger partial charge < -0.3 is 4.74 Å². The lowest BCUT2D eigenvalue weighted by Gasteiger charge is -2.21. The van der Waals surface area contributed by atoms with Crippen molar-refractivity contribution in [1.29, 1.82) is 0 Å². The zero-order valence-corrected chi connectivity index (χ0v) is 21.2. The first kappa shape index (κ1) is 29.3. The van der Waals surface area contributed by atoms with Crippen LogP contribution in [0.5, 0.6) is 0 Å². The van der Waals surface area contributed by atoms with Crippen molar-refractivity contribution in [2.45, 2.75) is 162 Å². The van der Waals surface area contributed by atoms with E-state index in [4.69, 9.17) is 4.74 Å². The van der Waals surface area contributed by atoms with Gasteiger partial charge in [0.1, 0.15) is 6.10 Å². The fourth-order valence-electron chi connectivity index (χ4n) is 4.20. The highest BCUT2D eigenvalue weighted by atomic mass is 16.5. The second-order valence-corrected chi connectivity index (χ2v) is 9.64. The maximum atomic E-state index is 6.25. The summed E-state index contributed by atoms with van der Waals surface area (Å²) in [5, 5.41) is 0. The van der Waals surface area contributed by atoms with Gasteiger partial charge in [-0.1, -0.05) is 129 Å². The van der Waals surface area contributed by atoms with E-state index >= 15 is 0 Å². The van der Waals surface area contributed by atoms with Crippen LogP contribution in [0.1, 0.15) is 156 Å². The first-order valence-corrected chi connectivity index (χ1v) is 13.6. The second-order valence-electron chi connectivity index (χ2n) is 9.64. The van der Waals surface area contributed by atoms with Crippen LogP contribution >= 0.6 is 0 Å². The van der Waals surface area contributed by atoms with Gasteiger partial charge in [-0.15, -0.1) is 6.58 Å². The number of ether oxygens (including phenoxy) is 1. The van der Waals surface area contributed by atoms with Crippen LogP contribution in [0, 0.1) is 0 Å². The molecule has 0 bridgehead atoms. The molecule has 0 N–H and O–H groups in total. The summed E-state index contributed by atoms with van der Waals surface area (Å²) in [6.45, 7) is 15.0. The van der Waals surface area contributed by atoms with E-state index in [1.54, 1.807) is 0 Å². The molecule has 0 aromatic carbocycles. The molecule has 0 radical (unpaired) electrons. The number of hydrogen-bond acceptors (Lipinski definition) is 1. The molecule has 0 amide bonds. The number of rotatable bonds is 24. The third-order valence-corrected chi connectivity index (χ3v) is 6.10. The third-order valence-electron chi connectivity index (χ3n) is 6.10. The van der Waals surface area contributed by atoms with Crippen molar-refractivity contribution < 1.29 is 4.74 Å². The summed E-state index contributed by atoms with van der Waals surface area (Å²) >= 11 is 0. The van der Waals surface area contributed by atoms with E-state index in [1.165, 1.54) is 121 Å². The average molecular weight is 421 g/mol. The Morgan fingerprint density at radius 1 is 0.600 bits per heavy atom. The molecule has 0 aliphatic carbocycles. The van der Waals surface area contributed by atoms with E-state index in [0.717, 1.165) is 25.0 Å². The lowest BCUT2D eigenvalue weighted by molar-refractivity contribution is 0.0994. The van der Waals surface area contributed by atoms with Crippen molar-refractivity contribution in [3.63, 3.8) is 0 Å². The predicted octanol–water partition coefficient (Wildman–Crippen LogP) is 10.7. The minimum atomic E-state index is 0.290. The summed E-state index contributed by atoms with van der Waals surface area (Å²) in [6, 6.07) is 0. The molecule has 1 atom stereocenters. The van der Waals surface area contributed by atoms with E-state index in [9.17, 15) is 0 Å². The molecule has 0 fully saturated rings. The van der Waals surface area contributed by atoms with Gasteiger partial charge in [0, 0.05) is 12.8 Å². The predicted molar refractivity (Wildman–Crippen MR) is 137 cm³/mol. The Balaban J connectivity index is 3.75. The SMILES string of the molecule is C=C(C)C[C@H](CCCCCCCCCCC)OC(=C)CCCCCCCCCCC. The van der Waals surface area contributed by atoms with Crippen molar-refractivity contribution in [1.82, 2.24) is 0 Å². The molecule has 0 saturated carbocycles. The third kappa shape index (κ3) is 22.0. The Hall–Kier alpha value is -0.720. The van der Waals surface area contributed by atoms with E-state index < -0.39 is 0 Å². The van der Waals surface area contributed by atoms with E-state index in [1.807, 2.05) is 0 Å². The minimum absolute atomic E-state index is 0.290. The number of hydrogen-bond donors (Lipinski definition) is 0. The fourth-order valence-corrected chi connectivity index (χ4v) is 4.20. The minimum Gasteiger partial charge on any atom is -0.495 e. The molecule has 1 heteroatoms. The van der Waals surface area contributed by atoms with Gasteiger partial charge in [0.05, 0.1) is 5.76 Å². The van der Waals surface area contributed by atoms with Crippen LogP contribution in [-0.2, 0) is 4.74 Å². The van der Waals surface area contributed by atoms with Gasteiger partial charge in [0.2, 0.25) is 0 Å². The van der Waals surface area contributed by atoms with Crippen molar-refractivity contribution in [3.8, 4) is 0 Å². The Labute approximate surface area is 191 Å². The van der Waals surface area contributed by atoms with E-state index in [2.05, 4.69) is 33.9 Å². The Bertz CT molecular complexity index is 384. The molecule has 0 rings (SSSR count). The molecular weight excluding hydrogens is 364 g/mol. The van der Waals surface area contributed by atoms with Crippen molar-refractivity contribution in [2.24, 2.45) is 0 Å². The topological polar surface area (TPSA) is 9.23 Å². The molecule has 0 saturated heterocycles. The maximum absolute atomic E-state index is 6.25. The molecular formula is C29H56O. The molecule has 0 unspecified atom stereocenters. The fraction of sp³-hybridized carbons (Fsp3) is 0.862. The molecule has 0 aliphatic rings. The van der Waals surface area contributed by atoms with Crippen LogP contribution in [0.2, 0.25) is 0 Å². The smallest absolute Gasteiger partial charge is 0.102 e. The highest BCUT2D eigenvalue weighted by Gasteiger charge is 2.11. The van der Waals surface area contributed by atoms with Crippen LogP contribution in [0.4, 0.5) is 0 Å². The van der Waals surface area contributed by atoms with Gasteiger partial charge in [0.25, 0.3) is 0 Å². The molecule has 0 aromatic heterocycles. The summed E-state index contributed by atoms with van der Waals surface area (Å²) in [5.41, 5.74) is 1.23. The molecule has 0 aliphatic heterocycles. The van der Waals surface area contributed by atoms with E-state index in [0.29, 0.717) is 0 Å². The lowest BCUT2D eigenvalue weighted by Crippen LogP contribution is -2.13. The van der Waals surface area contributed by atoms with E-state index in [-0.39, 0.29) is 6.10 Å². The largest absolute Gasteiger partial charge is 0.495 e. The Morgan fingerprint density at radius 2 is 1.00 bits per heavy atom. The summed E-state index contributed by atoms with van der Waals surface area (Å²) < 4.78 is 6.25. The van der Waals surface area contributed by atoms with Crippen molar-refractivity contribution >= 4 is 0 Å². The average Bonchev–Trinajstić information content (AvgIpc) is 2.70. The van der Waals surface area contributed by atoms with Gasteiger partial charge in [-0.2, -0.15) is 0 Å². The highest BCUT2D eigenvalue weighted by molar-refractivity contribution is 4.93. The number of unbranched alkanes of at least 4 members (excludes halogenated alkanes) is 16. The first-order valence-electron chi connectivity index (χ1n) is 13.6. The molecule has 30 heavy (non-hydrogen) atoms. The zero-order chi connectivity index (χ0) is 22.3. The van der Waals surface area contributed by atoms with Crippen molar-refractivity contribution in [3.05, 3.63) is 24.5 Å². The van der Waals surface area contributed by atoms with Gasteiger partial charge in [-0.3, -0.25) is 0 Å². The quantitative estimate of drug-likeness (QED) is 0.0856.